The Balaban J connectivity index is 2.40. The molecule has 0 saturated heterocycles. The average molecular weight is 337 g/mol. The van der Waals surface area contributed by atoms with Crippen LogP contribution in [-0.2, 0) is 20.9 Å². The van der Waals surface area contributed by atoms with Gasteiger partial charge in [-0.2, -0.15) is 0 Å². The van der Waals surface area contributed by atoms with Crippen molar-refractivity contribution >= 4 is 18.0 Å². The van der Waals surface area contributed by atoms with Crippen molar-refractivity contribution in [3.05, 3.63) is 35.9 Å². The monoisotopic (exact) mass is 337 g/mol. The highest BCUT2D eigenvalue weighted by Gasteiger charge is 2.14. The summed E-state index contributed by atoms with van der Waals surface area (Å²) in [6.45, 7) is 0.143. The van der Waals surface area contributed by atoms with Gasteiger partial charge in [-0.3, -0.25) is 9.59 Å². The van der Waals surface area contributed by atoms with E-state index < -0.39 is 18.0 Å². The van der Waals surface area contributed by atoms with Crippen molar-refractivity contribution in [2.24, 2.45) is 0 Å². The number of ether oxygens (including phenoxy) is 1. The summed E-state index contributed by atoms with van der Waals surface area (Å²) in [6.07, 6.45) is 1.18. The molecule has 0 aliphatic heterocycles. The fourth-order valence-corrected chi connectivity index (χ4v) is 2.22. The zero-order valence-electron chi connectivity index (χ0n) is 13.4. The van der Waals surface area contributed by atoms with Gasteiger partial charge in [0.1, 0.15) is 6.61 Å². The molecule has 0 spiro atoms. The number of nitrogens with one attached hydrogen (secondary N) is 1. The summed E-state index contributed by atoms with van der Waals surface area (Å²) < 4.78 is 5.13. The Morgan fingerprint density at radius 1 is 0.958 bits per heavy atom. The lowest BCUT2D eigenvalue weighted by molar-refractivity contribution is -0.138. The van der Waals surface area contributed by atoms with Gasteiger partial charge in [-0.05, 0) is 31.2 Å². The van der Waals surface area contributed by atoms with Crippen molar-refractivity contribution < 1.29 is 29.3 Å². The summed E-state index contributed by atoms with van der Waals surface area (Å²) in [5.74, 6) is -1.79. The van der Waals surface area contributed by atoms with Crippen molar-refractivity contribution in [3.63, 3.8) is 0 Å². The predicted octanol–water partition coefficient (Wildman–Crippen LogP) is 2.79. The smallest absolute Gasteiger partial charge is 0.407 e. The first-order valence-corrected chi connectivity index (χ1v) is 7.88. The van der Waals surface area contributed by atoms with Crippen molar-refractivity contribution in [2.75, 3.05) is 0 Å². The summed E-state index contributed by atoms with van der Waals surface area (Å²) >= 11 is 0. The van der Waals surface area contributed by atoms with Gasteiger partial charge in [0.25, 0.3) is 0 Å². The zero-order chi connectivity index (χ0) is 17.8. The highest BCUT2D eigenvalue weighted by atomic mass is 16.5. The van der Waals surface area contributed by atoms with Crippen molar-refractivity contribution in [1.29, 1.82) is 0 Å². The van der Waals surface area contributed by atoms with Crippen LogP contribution in [-0.4, -0.2) is 34.3 Å². The van der Waals surface area contributed by atoms with Gasteiger partial charge in [0.2, 0.25) is 0 Å². The third-order valence-electron chi connectivity index (χ3n) is 3.42. The molecular weight excluding hydrogens is 314 g/mol. The van der Waals surface area contributed by atoms with Gasteiger partial charge >= 0.3 is 18.0 Å². The first-order valence-electron chi connectivity index (χ1n) is 7.88. The van der Waals surface area contributed by atoms with Gasteiger partial charge in [0.15, 0.2) is 0 Å². The molecule has 0 aromatic heterocycles. The van der Waals surface area contributed by atoms with Gasteiger partial charge in [-0.25, -0.2) is 4.79 Å². The van der Waals surface area contributed by atoms with E-state index in [2.05, 4.69) is 5.32 Å². The van der Waals surface area contributed by atoms with Gasteiger partial charge < -0.3 is 20.3 Å². The van der Waals surface area contributed by atoms with Crippen LogP contribution in [0, 0.1) is 0 Å². The number of carbonyl (C=O) groups excluding carboxylic acids is 1. The van der Waals surface area contributed by atoms with E-state index in [1.54, 1.807) is 0 Å². The van der Waals surface area contributed by atoms with Gasteiger partial charge in [0, 0.05) is 18.9 Å². The summed E-state index contributed by atoms with van der Waals surface area (Å²) in [5.41, 5.74) is 0.862. The molecule has 0 fully saturated rings. The normalized spacial score (nSPS) is 10.4. The van der Waals surface area contributed by atoms with E-state index in [9.17, 15) is 14.4 Å². The molecule has 132 valence electrons. The number of hydrogen-bond acceptors (Lipinski definition) is 4. The van der Waals surface area contributed by atoms with Crippen molar-refractivity contribution in [2.45, 2.75) is 51.2 Å². The number of alkyl carbamates (subject to hydrolysis) is 1. The van der Waals surface area contributed by atoms with E-state index >= 15 is 0 Å². The fourth-order valence-electron chi connectivity index (χ4n) is 2.22. The Labute approximate surface area is 140 Å². The topological polar surface area (TPSA) is 113 Å². The number of carboxylic acids is 2. The molecule has 24 heavy (non-hydrogen) atoms. The van der Waals surface area contributed by atoms with E-state index in [1.165, 1.54) is 0 Å². The van der Waals surface area contributed by atoms with Crippen LogP contribution in [0.25, 0.3) is 0 Å². The largest absolute Gasteiger partial charge is 0.481 e. The van der Waals surface area contributed by atoms with Gasteiger partial charge in [0.05, 0.1) is 0 Å². The van der Waals surface area contributed by atoms with Crippen LogP contribution in [0.15, 0.2) is 30.3 Å². The molecular formula is C17H23NO6. The van der Waals surface area contributed by atoms with Gasteiger partial charge in [-0.15, -0.1) is 0 Å². The molecule has 1 aromatic carbocycles. The lowest BCUT2D eigenvalue weighted by Crippen LogP contribution is -2.35. The molecule has 0 radical (unpaired) electrons. The molecule has 7 heteroatoms. The van der Waals surface area contributed by atoms with Crippen LogP contribution in [0.5, 0.6) is 0 Å². The van der Waals surface area contributed by atoms with Crippen LogP contribution in [0.3, 0.4) is 0 Å². The maximum absolute atomic E-state index is 11.9. The summed E-state index contributed by atoms with van der Waals surface area (Å²) in [5, 5.41) is 20.0. The molecule has 3 N–H and O–H groups in total. The number of benzene rings is 1. The number of rotatable bonds is 11. The second kappa shape index (κ2) is 11.0. The first-order chi connectivity index (χ1) is 11.5. The Morgan fingerprint density at radius 3 is 2.00 bits per heavy atom. The van der Waals surface area contributed by atoms with Crippen LogP contribution >= 0.6 is 0 Å². The maximum Gasteiger partial charge on any atom is 0.407 e. The van der Waals surface area contributed by atoms with Crippen LogP contribution in [0.2, 0.25) is 0 Å². The maximum atomic E-state index is 11.9. The second-order valence-electron chi connectivity index (χ2n) is 5.47. The van der Waals surface area contributed by atoms with E-state index in [1.807, 2.05) is 30.3 Å². The Bertz CT molecular complexity index is 511. The minimum Gasteiger partial charge on any atom is -0.481 e. The van der Waals surface area contributed by atoms with Crippen molar-refractivity contribution in [3.8, 4) is 0 Å². The van der Waals surface area contributed by atoms with E-state index in [4.69, 9.17) is 14.9 Å². The Hall–Kier alpha value is -2.57. The minimum atomic E-state index is -0.897. The minimum absolute atomic E-state index is 0.0101. The molecule has 0 heterocycles. The Morgan fingerprint density at radius 2 is 1.50 bits per heavy atom. The number of carbonyl (C=O) groups is 3. The molecule has 1 aromatic rings. The van der Waals surface area contributed by atoms with E-state index in [-0.39, 0.29) is 25.5 Å². The third kappa shape index (κ3) is 9.45. The zero-order valence-corrected chi connectivity index (χ0v) is 13.4. The fraction of sp³-hybridized carbons (Fsp3) is 0.471. The molecule has 0 atom stereocenters. The van der Waals surface area contributed by atoms with Gasteiger partial charge in [-0.1, -0.05) is 30.3 Å². The van der Waals surface area contributed by atoms with Crippen molar-refractivity contribution in [1.82, 2.24) is 5.32 Å². The molecule has 0 saturated carbocycles. The molecule has 1 rings (SSSR count). The quantitative estimate of drug-likeness (QED) is 0.572. The SMILES string of the molecule is O=C(O)CCCC(CCCC(=O)O)NC(=O)OCc1ccccc1. The second-order valence-corrected chi connectivity index (χ2v) is 5.47. The highest BCUT2D eigenvalue weighted by molar-refractivity contribution is 5.68. The number of aliphatic carboxylic acids is 2. The summed E-state index contributed by atoms with van der Waals surface area (Å²) in [4.78, 5) is 33.0. The number of hydrogen-bond donors (Lipinski definition) is 3. The van der Waals surface area contributed by atoms with E-state index in [0.29, 0.717) is 25.7 Å². The summed E-state index contributed by atoms with van der Waals surface area (Å²) in [7, 11) is 0. The van der Waals surface area contributed by atoms with E-state index in [0.717, 1.165) is 5.56 Å². The average Bonchev–Trinajstić information content (AvgIpc) is 2.53. The van der Waals surface area contributed by atoms with Crippen LogP contribution in [0.1, 0.15) is 44.1 Å². The molecule has 7 nitrogen and oxygen atoms in total. The number of amides is 1. The summed E-state index contributed by atoms with van der Waals surface area (Å²) in [6, 6.07) is 8.93. The molecule has 0 aliphatic rings. The third-order valence-corrected chi connectivity index (χ3v) is 3.42. The molecule has 0 bridgehead atoms. The highest BCUT2D eigenvalue weighted by Crippen LogP contribution is 2.10. The molecule has 0 aliphatic carbocycles. The van der Waals surface area contributed by atoms with Crippen LogP contribution in [0.4, 0.5) is 4.79 Å². The first kappa shape index (κ1) is 19.5. The lowest BCUT2D eigenvalue weighted by atomic mass is 10.0. The molecule has 1 amide bonds. The predicted molar refractivity (Wildman–Crippen MR) is 86.5 cm³/mol. The number of carboxylic acid groups (broad SMARTS) is 2. The lowest BCUT2D eigenvalue weighted by Gasteiger charge is -2.18. The standard InChI is InChI=1S/C17H23NO6/c19-15(20)10-4-8-14(9-5-11-16(21)22)18-17(23)24-12-13-6-2-1-3-7-13/h1-3,6-7,14H,4-5,8-12H2,(H,18,23)(H,19,20)(H,21,22). The van der Waals surface area contributed by atoms with Crippen LogP contribution < -0.4 is 5.32 Å². The Kier molecular flexibility index (Phi) is 8.96. The molecule has 0 unspecified atom stereocenters.